The van der Waals surface area contributed by atoms with E-state index in [1.54, 1.807) is 0 Å². The Morgan fingerprint density at radius 1 is 1.28 bits per heavy atom. The molecule has 100 valence electrons. The van der Waals surface area contributed by atoms with Gasteiger partial charge in [-0.3, -0.25) is 4.98 Å². The monoisotopic (exact) mass is 248 g/mol. The number of nitrogens with one attached hydrogen (secondary N) is 1. The maximum absolute atomic E-state index is 4.54. The lowest BCUT2D eigenvalue weighted by molar-refractivity contribution is 0.322. The Kier molecular flexibility index (Phi) is 4.53. The second-order valence-electron chi connectivity index (χ2n) is 5.34. The Bertz CT molecular complexity index is 363. The summed E-state index contributed by atoms with van der Waals surface area (Å²) >= 11 is 0. The van der Waals surface area contributed by atoms with Crippen LogP contribution in [0.4, 0.5) is 5.82 Å². The van der Waals surface area contributed by atoms with Gasteiger partial charge in [-0.1, -0.05) is 20.8 Å². The predicted molar refractivity (Wildman–Crippen MR) is 74.6 cm³/mol. The molecule has 0 aromatic carbocycles. The van der Waals surface area contributed by atoms with Crippen molar-refractivity contribution in [3.8, 4) is 0 Å². The third kappa shape index (κ3) is 3.19. The molecule has 0 bridgehead atoms. The van der Waals surface area contributed by atoms with Gasteiger partial charge in [0.2, 0.25) is 0 Å². The number of hydrogen-bond acceptors (Lipinski definition) is 4. The van der Waals surface area contributed by atoms with Crippen LogP contribution in [0.25, 0.3) is 0 Å². The van der Waals surface area contributed by atoms with Crippen molar-refractivity contribution in [1.29, 1.82) is 0 Å². The number of nitrogens with zero attached hydrogens (tertiary/aromatic N) is 3. The van der Waals surface area contributed by atoms with Crippen LogP contribution in [0.15, 0.2) is 12.4 Å². The summed E-state index contributed by atoms with van der Waals surface area (Å²) in [5.41, 5.74) is 1.01. The van der Waals surface area contributed by atoms with E-state index < -0.39 is 0 Å². The molecule has 1 aliphatic rings. The summed E-state index contributed by atoms with van der Waals surface area (Å²) < 4.78 is 0. The second-order valence-corrected chi connectivity index (χ2v) is 5.34. The molecule has 1 fully saturated rings. The molecule has 2 atom stereocenters. The smallest absolute Gasteiger partial charge is 0.147 e. The first kappa shape index (κ1) is 13.3. The lowest BCUT2D eigenvalue weighted by Crippen LogP contribution is -2.38. The zero-order chi connectivity index (χ0) is 13.0. The minimum absolute atomic E-state index is 0.738. The maximum Gasteiger partial charge on any atom is 0.147 e. The van der Waals surface area contributed by atoms with E-state index >= 15 is 0 Å². The first-order valence-corrected chi connectivity index (χ1v) is 6.97. The van der Waals surface area contributed by atoms with Gasteiger partial charge in [0.1, 0.15) is 5.82 Å². The van der Waals surface area contributed by atoms with Gasteiger partial charge >= 0.3 is 0 Å². The highest BCUT2D eigenvalue weighted by molar-refractivity contribution is 5.36. The molecule has 1 aromatic heterocycles. The highest BCUT2D eigenvalue weighted by Crippen LogP contribution is 2.25. The summed E-state index contributed by atoms with van der Waals surface area (Å²) in [6.07, 6.45) is 5.05. The first-order chi connectivity index (χ1) is 8.70. The number of aromatic nitrogens is 2. The predicted octanol–water partition coefficient (Wildman–Crippen LogP) is 2.07. The summed E-state index contributed by atoms with van der Waals surface area (Å²) in [6.45, 7) is 10.7. The Morgan fingerprint density at radius 2 is 2.11 bits per heavy atom. The third-order valence-corrected chi connectivity index (χ3v) is 3.91. The quantitative estimate of drug-likeness (QED) is 0.885. The minimum atomic E-state index is 0.738. The molecule has 0 aliphatic carbocycles. The largest absolute Gasteiger partial charge is 0.355 e. The molecular formula is C14H24N4. The molecule has 1 N–H and O–H groups in total. The zero-order valence-electron chi connectivity index (χ0n) is 11.7. The van der Waals surface area contributed by atoms with Crippen LogP contribution in [-0.2, 0) is 6.54 Å². The summed E-state index contributed by atoms with van der Waals surface area (Å²) in [5, 5.41) is 3.26. The fraction of sp³-hybridized carbons (Fsp3) is 0.714. The molecule has 1 aliphatic heterocycles. The van der Waals surface area contributed by atoms with Gasteiger partial charge < -0.3 is 10.2 Å². The number of piperidine rings is 1. The SMILES string of the molecule is CCNCc1cnc(N2CCC(C)C(C)C2)cn1. The Balaban J connectivity index is 1.97. The Labute approximate surface area is 110 Å². The Hall–Kier alpha value is -1.16. The average Bonchev–Trinajstić information content (AvgIpc) is 2.40. The van der Waals surface area contributed by atoms with Crippen molar-refractivity contribution < 1.29 is 0 Å². The van der Waals surface area contributed by atoms with Gasteiger partial charge in [0.05, 0.1) is 18.1 Å². The van der Waals surface area contributed by atoms with Gasteiger partial charge in [-0.25, -0.2) is 4.98 Å². The number of hydrogen-bond donors (Lipinski definition) is 1. The molecule has 0 amide bonds. The third-order valence-electron chi connectivity index (χ3n) is 3.91. The standard InChI is InChI=1S/C14H24N4/c1-4-15-7-13-8-17-14(9-16-13)18-6-5-11(2)12(3)10-18/h8-9,11-12,15H,4-7,10H2,1-3H3. The van der Waals surface area contributed by atoms with Crippen molar-refractivity contribution in [2.24, 2.45) is 11.8 Å². The van der Waals surface area contributed by atoms with Crippen LogP contribution in [0.5, 0.6) is 0 Å². The van der Waals surface area contributed by atoms with E-state index in [1.807, 2.05) is 12.4 Å². The molecule has 2 rings (SSSR count). The second kappa shape index (κ2) is 6.14. The van der Waals surface area contributed by atoms with Gasteiger partial charge in [0.25, 0.3) is 0 Å². The molecule has 4 nitrogen and oxygen atoms in total. The molecule has 4 heteroatoms. The van der Waals surface area contributed by atoms with Crippen molar-refractivity contribution in [2.75, 3.05) is 24.5 Å². The molecule has 0 radical (unpaired) electrons. The lowest BCUT2D eigenvalue weighted by atomic mass is 9.89. The van der Waals surface area contributed by atoms with E-state index in [2.05, 4.69) is 41.0 Å². The van der Waals surface area contributed by atoms with Crippen molar-refractivity contribution in [1.82, 2.24) is 15.3 Å². The van der Waals surface area contributed by atoms with Crippen LogP contribution in [0.1, 0.15) is 32.9 Å². The highest BCUT2D eigenvalue weighted by Gasteiger charge is 2.23. The van der Waals surface area contributed by atoms with Crippen molar-refractivity contribution in [2.45, 2.75) is 33.7 Å². The van der Waals surface area contributed by atoms with Crippen molar-refractivity contribution >= 4 is 5.82 Å². The van der Waals surface area contributed by atoms with E-state index in [0.29, 0.717) is 0 Å². The molecule has 1 aromatic rings. The summed E-state index contributed by atoms with van der Waals surface area (Å²) in [5.74, 6) is 2.58. The fourth-order valence-corrected chi connectivity index (χ4v) is 2.33. The molecular weight excluding hydrogens is 224 g/mol. The van der Waals surface area contributed by atoms with Gasteiger partial charge in [-0.05, 0) is 24.8 Å². The van der Waals surface area contributed by atoms with Gasteiger partial charge in [0, 0.05) is 19.6 Å². The molecule has 18 heavy (non-hydrogen) atoms. The van der Waals surface area contributed by atoms with Crippen LogP contribution in [-0.4, -0.2) is 29.6 Å². The topological polar surface area (TPSA) is 41.1 Å². The minimum Gasteiger partial charge on any atom is -0.355 e. The number of rotatable bonds is 4. The summed E-state index contributed by atoms with van der Waals surface area (Å²) in [6, 6.07) is 0. The van der Waals surface area contributed by atoms with Crippen LogP contribution in [0.3, 0.4) is 0 Å². The molecule has 0 saturated carbocycles. The van der Waals surface area contributed by atoms with Gasteiger partial charge in [-0.2, -0.15) is 0 Å². The lowest BCUT2D eigenvalue weighted by Gasteiger charge is -2.35. The molecule has 2 heterocycles. The Morgan fingerprint density at radius 3 is 2.72 bits per heavy atom. The van der Waals surface area contributed by atoms with Crippen molar-refractivity contribution in [3.05, 3.63) is 18.1 Å². The van der Waals surface area contributed by atoms with Crippen LogP contribution in [0, 0.1) is 11.8 Å². The highest BCUT2D eigenvalue weighted by atomic mass is 15.2. The maximum atomic E-state index is 4.54. The van der Waals surface area contributed by atoms with E-state index in [1.165, 1.54) is 6.42 Å². The van der Waals surface area contributed by atoms with E-state index in [4.69, 9.17) is 0 Å². The molecule has 1 saturated heterocycles. The molecule has 0 spiro atoms. The van der Waals surface area contributed by atoms with E-state index in [9.17, 15) is 0 Å². The summed E-state index contributed by atoms with van der Waals surface area (Å²) in [7, 11) is 0. The van der Waals surface area contributed by atoms with Crippen molar-refractivity contribution in [3.63, 3.8) is 0 Å². The van der Waals surface area contributed by atoms with E-state index in [0.717, 1.165) is 49.5 Å². The zero-order valence-corrected chi connectivity index (χ0v) is 11.7. The van der Waals surface area contributed by atoms with Gasteiger partial charge in [-0.15, -0.1) is 0 Å². The van der Waals surface area contributed by atoms with Crippen LogP contribution >= 0.6 is 0 Å². The van der Waals surface area contributed by atoms with Gasteiger partial charge in [0.15, 0.2) is 0 Å². The van der Waals surface area contributed by atoms with Crippen LogP contribution in [0.2, 0.25) is 0 Å². The van der Waals surface area contributed by atoms with Crippen LogP contribution < -0.4 is 10.2 Å². The van der Waals surface area contributed by atoms with E-state index in [-0.39, 0.29) is 0 Å². The average molecular weight is 248 g/mol. The first-order valence-electron chi connectivity index (χ1n) is 6.97. The summed E-state index contributed by atoms with van der Waals surface area (Å²) in [4.78, 5) is 11.4. The normalized spacial score (nSPS) is 24.3. The number of anilines is 1. The molecule has 2 unspecified atom stereocenters. The fourth-order valence-electron chi connectivity index (χ4n) is 2.33.